The Kier molecular flexibility index (Phi) is 2.98. The van der Waals surface area contributed by atoms with Crippen molar-refractivity contribution in [2.45, 2.75) is 12.5 Å². The number of H-pyrrole nitrogens is 1. The molecule has 4 N–H and O–H groups in total. The van der Waals surface area contributed by atoms with E-state index in [1.165, 1.54) is 6.33 Å². The third kappa shape index (κ3) is 2.09. The molecule has 3 aromatic rings. The predicted molar refractivity (Wildman–Crippen MR) is 70.9 cm³/mol. The van der Waals surface area contributed by atoms with Crippen molar-refractivity contribution in [3.8, 4) is 0 Å². The van der Waals surface area contributed by atoms with Gasteiger partial charge in [-0.3, -0.25) is 15.6 Å². The summed E-state index contributed by atoms with van der Waals surface area (Å²) in [6.07, 6.45) is 2.11. The number of nitrogens with two attached hydrogens (primary N) is 1. The fourth-order valence-electron chi connectivity index (χ4n) is 2.25. The minimum Gasteiger partial charge on any atom is -0.271 e. The maximum atomic E-state index is 5.59. The first-order chi connectivity index (χ1) is 9.29. The average Bonchev–Trinajstić information content (AvgIpc) is 3.06. The maximum absolute atomic E-state index is 5.59. The smallest absolute Gasteiger partial charge is 0.143 e. The van der Waals surface area contributed by atoms with Crippen molar-refractivity contribution >= 4 is 10.9 Å². The van der Waals surface area contributed by atoms with Crippen LogP contribution < -0.4 is 11.3 Å². The standard InChI is InChI=1S/C12H15N7/c1-19-11-5-3-2-4-8(11)9(18-19)6-10(16-13)12-14-7-15-17-12/h2-5,7,10,16H,6,13H2,1H3,(H,14,15,17). The zero-order valence-electron chi connectivity index (χ0n) is 10.5. The number of nitrogens with zero attached hydrogens (tertiary/aromatic N) is 4. The Hall–Kier alpha value is -2.25. The molecule has 1 atom stereocenters. The van der Waals surface area contributed by atoms with Gasteiger partial charge in [-0.25, -0.2) is 10.4 Å². The fraction of sp³-hybridized carbons (Fsp3) is 0.250. The summed E-state index contributed by atoms with van der Waals surface area (Å²) in [6, 6.07) is 7.98. The van der Waals surface area contributed by atoms with Crippen molar-refractivity contribution in [3.05, 3.63) is 42.1 Å². The molecule has 3 rings (SSSR count). The van der Waals surface area contributed by atoms with Gasteiger partial charge >= 0.3 is 0 Å². The van der Waals surface area contributed by atoms with E-state index in [0.717, 1.165) is 16.6 Å². The Morgan fingerprint density at radius 3 is 3.00 bits per heavy atom. The van der Waals surface area contributed by atoms with Gasteiger partial charge in [-0.15, -0.1) is 0 Å². The van der Waals surface area contributed by atoms with Crippen molar-refractivity contribution in [1.29, 1.82) is 0 Å². The summed E-state index contributed by atoms with van der Waals surface area (Å²) in [5.74, 6) is 6.30. The van der Waals surface area contributed by atoms with Crippen molar-refractivity contribution in [3.63, 3.8) is 0 Å². The van der Waals surface area contributed by atoms with Crippen LogP contribution in [-0.2, 0) is 13.5 Å². The quantitative estimate of drug-likeness (QED) is 0.465. The monoisotopic (exact) mass is 257 g/mol. The number of aromatic nitrogens is 5. The number of hydrogen-bond donors (Lipinski definition) is 3. The first-order valence-corrected chi connectivity index (χ1v) is 6.01. The van der Waals surface area contributed by atoms with E-state index < -0.39 is 0 Å². The second-order valence-electron chi connectivity index (χ2n) is 4.38. The van der Waals surface area contributed by atoms with Crippen molar-refractivity contribution in [2.24, 2.45) is 12.9 Å². The number of para-hydroxylation sites is 1. The molecule has 0 radical (unpaired) electrons. The van der Waals surface area contributed by atoms with Crippen molar-refractivity contribution in [2.75, 3.05) is 0 Å². The Morgan fingerprint density at radius 2 is 2.26 bits per heavy atom. The van der Waals surface area contributed by atoms with Crippen molar-refractivity contribution < 1.29 is 0 Å². The van der Waals surface area contributed by atoms with Crippen LogP contribution in [0.5, 0.6) is 0 Å². The summed E-state index contributed by atoms with van der Waals surface area (Å²) in [7, 11) is 1.94. The maximum Gasteiger partial charge on any atom is 0.143 e. The van der Waals surface area contributed by atoms with Gasteiger partial charge in [-0.05, 0) is 6.07 Å². The Labute approximate surface area is 109 Å². The molecule has 7 nitrogen and oxygen atoms in total. The van der Waals surface area contributed by atoms with Gasteiger partial charge in [0.1, 0.15) is 12.2 Å². The molecule has 1 aromatic carbocycles. The van der Waals surface area contributed by atoms with Crippen LogP contribution in [0.1, 0.15) is 17.6 Å². The van der Waals surface area contributed by atoms with Gasteiger partial charge in [0, 0.05) is 18.9 Å². The molecule has 1 unspecified atom stereocenters. The normalized spacial score (nSPS) is 12.9. The minimum absolute atomic E-state index is 0.138. The first-order valence-electron chi connectivity index (χ1n) is 6.01. The fourth-order valence-corrected chi connectivity index (χ4v) is 2.25. The van der Waals surface area contributed by atoms with Crippen LogP contribution in [-0.4, -0.2) is 25.0 Å². The first kappa shape index (κ1) is 11.8. The molecule has 0 saturated carbocycles. The molecule has 0 aliphatic carbocycles. The van der Waals surface area contributed by atoms with Gasteiger partial charge in [-0.1, -0.05) is 18.2 Å². The second-order valence-corrected chi connectivity index (χ2v) is 4.38. The summed E-state index contributed by atoms with van der Waals surface area (Å²) < 4.78 is 1.87. The SMILES string of the molecule is Cn1nc(CC(NN)c2ncn[nH]2)c2ccccc21. The lowest BCUT2D eigenvalue weighted by atomic mass is 10.1. The molecule has 0 saturated heterocycles. The van der Waals surface area contributed by atoms with Gasteiger partial charge in [0.2, 0.25) is 0 Å². The highest BCUT2D eigenvalue weighted by atomic mass is 15.3. The number of benzene rings is 1. The van der Waals surface area contributed by atoms with Crippen LogP contribution in [0.15, 0.2) is 30.6 Å². The molecule has 7 heteroatoms. The van der Waals surface area contributed by atoms with Crippen LogP contribution in [0, 0.1) is 0 Å². The topological polar surface area (TPSA) is 97.4 Å². The summed E-state index contributed by atoms with van der Waals surface area (Å²) >= 11 is 0. The van der Waals surface area contributed by atoms with Gasteiger partial charge in [-0.2, -0.15) is 10.2 Å². The van der Waals surface area contributed by atoms with E-state index in [0.29, 0.717) is 12.2 Å². The highest BCUT2D eigenvalue weighted by Gasteiger charge is 2.17. The molecule has 98 valence electrons. The van der Waals surface area contributed by atoms with Crippen LogP contribution in [0.2, 0.25) is 0 Å². The zero-order valence-corrected chi connectivity index (χ0v) is 10.5. The number of aromatic amines is 1. The second kappa shape index (κ2) is 4.79. The molecule has 0 spiro atoms. The van der Waals surface area contributed by atoms with E-state index in [2.05, 4.69) is 31.8 Å². The van der Waals surface area contributed by atoms with Gasteiger partial charge < -0.3 is 0 Å². The lowest BCUT2D eigenvalue weighted by molar-refractivity contribution is 0.517. The molecule has 2 heterocycles. The lowest BCUT2D eigenvalue weighted by Gasteiger charge is -2.11. The number of aryl methyl sites for hydroxylation is 1. The highest BCUT2D eigenvalue weighted by Crippen LogP contribution is 2.21. The van der Waals surface area contributed by atoms with E-state index in [-0.39, 0.29) is 6.04 Å². The Morgan fingerprint density at radius 1 is 1.42 bits per heavy atom. The van der Waals surface area contributed by atoms with E-state index in [1.807, 2.05) is 29.9 Å². The molecule has 0 aliphatic rings. The number of nitrogens with one attached hydrogen (secondary N) is 2. The summed E-state index contributed by atoms with van der Waals surface area (Å²) in [4.78, 5) is 4.13. The molecule has 0 amide bonds. The average molecular weight is 257 g/mol. The lowest BCUT2D eigenvalue weighted by Crippen LogP contribution is -2.30. The van der Waals surface area contributed by atoms with Crippen LogP contribution >= 0.6 is 0 Å². The van der Waals surface area contributed by atoms with E-state index in [1.54, 1.807) is 0 Å². The molecule has 0 bridgehead atoms. The van der Waals surface area contributed by atoms with E-state index >= 15 is 0 Å². The van der Waals surface area contributed by atoms with Crippen LogP contribution in [0.4, 0.5) is 0 Å². The third-order valence-electron chi connectivity index (χ3n) is 3.20. The van der Waals surface area contributed by atoms with Gasteiger partial charge in [0.05, 0.1) is 17.3 Å². The molecular weight excluding hydrogens is 242 g/mol. The summed E-state index contributed by atoms with van der Waals surface area (Å²) in [5.41, 5.74) is 4.83. The summed E-state index contributed by atoms with van der Waals surface area (Å²) in [5, 5.41) is 12.3. The minimum atomic E-state index is -0.138. The number of rotatable bonds is 4. The number of hydrazine groups is 1. The van der Waals surface area contributed by atoms with E-state index in [4.69, 9.17) is 5.84 Å². The van der Waals surface area contributed by atoms with Crippen molar-refractivity contribution in [1.82, 2.24) is 30.4 Å². The molecule has 0 fully saturated rings. The van der Waals surface area contributed by atoms with Crippen LogP contribution in [0.25, 0.3) is 10.9 Å². The van der Waals surface area contributed by atoms with Crippen LogP contribution in [0.3, 0.4) is 0 Å². The van der Waals surface area contributed by atoms with Gasteiger partial charge in [0.15, 0.2) is 0 Å². The van der Waals surface area contributed by atoms with Gasteiger partial charge in [0.25, 0.3) is 0 Å². The largest absolute Gasteiger partial charge is 0.271 e. The summed E-state index contributed by atoms with van der Waals surface area (Å²) in [6.45, 7) is 0. The predicted octanol–water partition coefficient (Wildman–Crippen LogP) is 0.439. The number of fused-ring (bicyclic) bond motifs is 1. The molecular formula is C12H15N7. The molecule has 0 aliphatic heterocycles. The van der Waals surface area contributed by atoms with E-state index in [9.17, 15) is 0 Å². The highest BCUT2D eigenvalue weighted by molar-refractivity contribution is 5.81. The third-order valence-corrected chi connectivity index (χ3v) is 3.20. The Balaban J connectivity index is 1.97. The molecule has 19 heavy (non-hydrogen) atoms. The Bertz CT molecular complexity index is 671. The zero-order chi connectivity index (χ0) is 13.2. The molecule has 2 aromatic heterocycles. The number of hydrogen-bond acceptors (Lipinski definition) is 5.